The molecule has 0 aliphatic carbocycles. The van der Waals surface area contributed by atoms with Crippen molar-refractivity contribution in [3.05, 3.63) is 88.4 Å². The molecule has 0 saturated carbocycles. The fourth-order valence-electron chi connectivity index (χ4n) is 3.30. The number of tetrazole rings is 1. The molecule has 12 heteroatoms. The number of carbonyl (C=O) groups is 1. The molecule has 4 rings (SSSR count). The van der Waals surface area contributed by atoms with Crippen LogP contribution < -0.4 is 14.8 Å². The molecule has 1 amide bonds. The number of carbonyl (C=O) groups excluding carboxylic acids is 1. The Labute approximate surface area is 216 Å². The minimum Gasteiger partial charge on any atom is -0.490 e. The fraction of sp³-hybridized carbons (Fsp3) is 0.167. The number of aromatic nitrogens is 4. The lowest BCUT2D eigenvalue weighted by Crippen LogP contribution is -2.36. The molecule has 186 valence electrons. The van der Waals surface area contributed by atoms with Gasteiger partial charge in [-0.25, -0.2) is 4.39 Å². The molecule has 1 atom stereocenters. The Morgan fingerprint density at radius 2 is 1.94 bits per heavy atom. The molecule has 0 aliphatic rings. The van der Waals surface area contributed by atoms with E-state index in [0.29, 0.717) is 27.4 Å². The third-order valence-electron chi connectivity index (χ3n) is 5.06. The highest BCUT2D eigenvalue weighted by atomic mass is 35.5. The van der Waals surface area contributed by atoms with Gasteiger partial charge in [0.1, 0.15) is 24.1 Å². The van der Waals surface area contributed by atoms with E-state index in [-0.39, 0.29) is 30.5 Å². The van der Waals surface area contributed by atoms with Crippen molar-refractivity contribution in [2.75, 3.05) is 25.5 Å². The highest BCUT2D eigenvalue weighted by Crippen LogP contribution is 2.29. The van der Waals surface area contributed by atoms with E-state index in [9.17, 15) is 9.18 Å². The smallest absolute Gasteiger partial charge is 0.238 e. The van der Waals surface area contributed by atoms with Gasteiger partial charge in [0.15, 0.2) is 17.4 Å². The molecule has 36 heavy (non-hydrogen) atoms. The number of benzene rings is 3. The Balaban J connectivity index is 1.38. The van der Waals surface area contributed by atoms with Crippen LogP contribution in [0.3, 0.4) is 0 Å². The van der Waals surface area contributed by atoms with Crippen LogP contribution >= 0.6 is 23.2 Å². The number of para-hydroxylation sites is 1. The average molecular weight is 531 g/mol. The van der Waals surface area contributed by atoms with Gasteiger partial charge in [-0.1, -0.05) is 46.6 Å². The molecular formula is C24H21Cl2FN6O3. The van der Waals surface area contributed by atoms with Gasteiger partial charge in [-0.15, -0.1) is 10.2 Å². The molecule has 2 N–H and O–H groups in total. The molecule has 0 aliphatic heterocycles. The van der Waals surface area contributed by atoms with Crippen molar-refractivity contribution >= 4 is 34.8 Å². The van der Waals surface area contributed by atoms with Crippen LogP contribution in [0.2, 0.25) is 10.0 Å². The third-order valence-corrected chi connectivity index (χ3v) is 5.61. The SMILES string of the molecule is CN(CC(=O)Nc1ccc(Oc2cccc(Cl)c2)c(F)c1)C(COc1ccccc1Cl)c1nn[nH]n1. The summed E-state index contributed by atoms with van der Waals surface area (Å²) in [5.41, 5.74) is 0.271. The van der Waals surface area contributed by atoms with Crippen LogP contribution in [0.1, 0.15) is 11.9 Å². The van der Waals surface area contributed by atoms with Crippen LogP contribution in [0, 0.1) is 5.82 Å². The summed E-state index contributed by atoms with van der Waals surface area (Å²) in [6.07, 6.45) is 0. The minimum atomic E-state index is -0.640. The first kappa shape index (κ1) is 25.4. The normalized spacial score (nSPS) is 11.8. The largest absolute Gasteiger partial charge is 0.490 e. The van der Waals surface area contributed by atoms with E-state index in [1.165, 1.54) is 18.2 Å². The predicted molar refractivity (Wildman–Crippen MR) is 133 cm³/mol. The Morgan fingerprint density at radius 3 is 2.67 bits per heavy atom. The van der Waals surface area contributed by atoms with Crippen molar-refractivity contribution in [3.8, 4) is 17.2 Å². The quantitative estimate of drug-likeness (QED) is 0.292. The lowest BCUT2D eigenvalue weighted by atomic mass is 10.2. The van der Waals surface area contributed by atoms with Crippen molar-refractivity contribution in [2.45, 2.75) is 6.04 Å². The summed E-state index contributed by atoms with van der Waals surface area (Å²) < 4.78 is 25.9. The molecule has 1 heterocycles. The molecule has 0 radical (unpaired) electrons. The summed E-state index contributed by atoms with van der Waals surface area (Å²) in [5, 5.41) is 17.6. The number of amides is 1. The van der Waals surface area contributed by atoms with E-state index in [1.54, 1.807) is 60.5 Å². The van der Waals surface area contributed by atoms with Gasteiger partial charge < -0.3 is 14.8 Å². The van der Waals surface area contributed by atoms with Gasteiger partial charge in [0, 0.05) is 16.8 Å². The van der Waals surface area contributed by atoms with E-state index >= 15 is 0 Å². The number of halogens is 3. The maximum Gasteiger partial charge on any atom is 0.238 e. The highest BCUT2D eigenvalue weighted by molar-refractivity contribution is 6.32. The molecule has 4 aromatic rings. The summed E-state index contributed by atoms with van der Waals surface area (Å²) >= 11 is 12.1. The monoisotopic (exact) mass is 530 g/mol. The van der Waals surface area contributed by atoms with E-state index in [2.05, 4.69) is 25.9 Å². The Morgan fingerprint density at radius 1 is 1.11 bits per heavy atom. The zero-order valence-corrected chi connectivity index (χ0v) is 20.5. The Bertz CT molecular complexity index is 1320. The molecule has 0 spiro atoms. The van der Waals surface area contributed by atoms with Gasteiger partial charge in [-0.3, -0.25) is 9.69 Å². The van der Waals surface area contributed by atoms with E-state index < -0.39 is 11.9 Å². The minimum absolute atomic E-state index is 0.00118. The first-order valence-corrected chi connectivity index (χ1v) is 11.5. The predicted octanol–water partition coefficient (Wildman–Crippen LogP) is 5.13. The molecule has 9 nitrogen and oxygen atoms in total. The third kappa shape index (κ3) is 6.69. The first-order chi connectivity index (χ1) is 17.4. The average Bonchev–Trinajstić information content (AvgIpc) is 3.37. The van der Waals surface area contributed by atoms with Crippen molar-refractivity contribution in [1.82, 2.24) is 25.5 Å². The number of rotatable bonds is 10. The maximum absolute atomic E-state index is 14.6. The van der Waals surface area contributed by atoms with Crippen molar-refractivity contribution in [1.29, 1.82) is 0 Å². The molecule has 0 saturated heterocycles. The summed E-state index contributed by atoms with van der Waals surface area (Å²) in [7, 11) is 1.71. The van der Waals surface area contributed by atoms with Gasteiger partial charge in [-0.05, 0) is 49.5 Å². The van der Waals surface area contributed by atoms with Gasteiger partial charge >= 0.3 is 0 Å². The zero-order valence-electron chi connectivity index (χ0n) is 19.0. The number of H-pyrrole nitrogens is 1. The second-order valence-electron chi connectivity index (χ2n) is 7.70. The van der Waals surface area contributed by atoms with E-state index in [1.807, 2.05) is 0 Å². The van der Waals surface area contributed by atoms with E-state index in [0.717, 1.165) is 0 Å². The number of nitrogens with zero attached hydrogens (tertiary/aromatic N) is 4. The van der Waals surface area contributed by atoms with Crippen LogP contribution in [0.25, 0.3) is 0 Å². The zero-order chi connectivity index (χ0) is 25.5. The summed E-state index contributed by atoms with van der Waals surface area (Å²) in [5.74, 6) is 0.199. The molecular weight excluding hydrogens is 510 g/mol. The number of hydrogen-bond acceptors (Lipinski definition) is 7. The van der Waals surface area contributed by atoms with Gasteiger partial charge in [-0.2, -0.15) is 5.21 Å². The van der Waals surface area contributed by atoms with Crippen LogP contribution in [0.4, 0.5) is 10.1 Å². The molecule has 1 aromatic heterocycles. The summed E-state index contributed by atoms with van der Waals surface area (Å²) in [4.78, 5) is 14.4. The fourth-order valence-corrected chi connectivity index (χ4v) is 3.67. The Kier molecular flexibility index (Phi) is 8.32. The summed E-state index contributed by atoms with van der Waals surface area (Å²) in [6.45, 7) is 0.0463. The van der Waals surface area contributed by atoms with Gasteiger partial charge in [0.25, 0.3) is 0 Å². The van der Waals surface area contributed by atoms with Crippen LogP contribution in [0.15, 0.2) is 66.7 Å². The number of hydrogen-bond donors (Lipinski definition) is 2. The molecule has 0 fully saturated rings. The van der Waals surface area contributed by atoms with Crippen molar-refractivity contribution in [2.24, 2.45) is 0 Å². The molecule has 1 unspecified atom stereocenters. The highest BCUT2D eigenvalue weighted by Gasteiger charge is 2.25. The maximum atomic E-state index is 14.6. The number of aromatic amines is 1. The van der Waals surface area contributed by atoms with Gasteiger partial charge in [0.05, 0.1) is 11.6 Å². The van der Waals surface area contributed by atoms with E-state index in [4.69, 9.17) is 32.7 Å². The topological polar surface area (TPSA) is 105 Å². The lowest BCUT2D eigenvalue weighted by molar-refractivity contribution is -0.117. The number of likely N-dealkylation sites (N-methyl/N-ethyl adjacent to an activating group) is 1. The Hall–Kier alpha value is -3.73. The molecule has 0 bridgehead atoms. The first-order valence-electron chi connectivity index (χ1n) is 10.7. The van der Waals surface area contributed by atoms with Crippen LogP contribution in [0.5, 0.6) is 17.2 Å². The van der Waals surface area contributed by atoms with Crippen LogP contribution in [-0.4, -0.2) is 51.6 Å². The van der Waals surface area contributed by atoms with Gasteiger partial charge in [0.2, 0.25) is 5.91 Å². The lowest BCUT2D eigenvalue weighted by Gasteiger charge is -2.25. The summed E-state index contributed by atoms with van der Waals surface area (Å²) in [6, 6.07) is 17.3. The number of anilines is 1. The number of nitrogens with one attached hydrogen (secondary N) is 2. The number of ether oxygens (including phenoxy) is 2. The second kappa shape index (κ2) is 11.8. The van der Waals surface area contributed by atoms with Crippen molar-refractivity contribution in [3.63, 3.8) is 0 Å². The van der Waals surface area contributed by atoms with Crippen molar-refractivity contribution < 1.29 is 18.7 Å². The standard InChI is InChI=1S/C24H21Cl2FN6O3/c1-33(20(24-29-31-32-30-24)14-35-21-8-3-2-7-18(21)26)13-23(34)28-16-9-10-22(19(27)12-16)36-17-6-4-5-15(25)11-17/h2-12,20H,13-14H2,1H3,(H,28,34)(H,29,30,31,32). The molecule has 3 aromatic carbocycles. The second-order valence-corrected chi connectivity index (χ2v) is 8.54. The van der Waals surface area contributed by atoms with Crippen LogP contribution in [-0.2, 0) is 4.79 Å².